The molecule has 1 saturated heterocycles. The van der Waals surface area contributed by atoms with Crippen molar-refractivity contribution in [1.29, 1.82) is 0 Å². The first-order valence-electron chi connectivity index (χ1n) is 6.11. The highest BCUT2D eigenvalue weighted by Crippen LogP contribution is 2.25. The number of amides is 1. The maximum absolute atomic E-state index is 12.2. The number of hydrogen-bond acceptors (Lipinski definition) is 3. The Hall–Kier alpha value is -1.78. The topological polar surface area (TPSA) is 70.8 Å². The lowest BCUT2D eigenvalue weighted by molar-refractivity contribution is -0.145. The van der Waals surface area contributed by atoms with Crippen molar-refractivity contribution in [3.63, 3.8) is 0 Å². The second-order valence-corrected chi connectivity index (χ2v) is 4.74. The van der Waals surface area contributed by atoms with Crippen LogP contribution < -0.4 is 0 Å². The third-order valence-electron chi connectivity index (χ3n) is 3.52. The van der Waals surface area contributed by atoms with Gasteiger partial charge in [-0.05, 0) is 38.8 Å². The van der Waals surface area contributed by atoms with Crippen LogP contribution in [0.4, 0.5) is 0 Å². The van der Waals surface area contributed by atoms with Crippen LogP contribution in [0.25, 0.3) is 0 Å². The minimum atomic E-state index is -0.837. The lowest BCUT2D eigenvalue weighted by Gasteiger charge is -2.36. The van der Waals surface area contributed by atoms with Gasteiger partial charge in [0, 0.05) is 12.6 Å². The number of carbonyl (C=O) groups excluding carboxylic acids is 1. The fraction of sp³-hybridized carbons (Fsp3) is 0.538. The van der Waals surface area contributed by atoms with Crippen molar-refractivity contribution in [2.75, 3.05) is 6.54 Å². The fourth-order valence-electron chi connectivity index (χ4n) is 2.45. The second-order valence-electron chi connectivity index (χ2n) is 4.74. The van der Waals surface area contributed by atoms with Crippen LogP contribution in [-0.2, 0) is 4.79 Å². The van der Waals surface area contributed by atoms with Crippen LogP contribution in [0.3, 0.4) is 0 Å². The number of aliphatic carboxylic acids is 1. The minimum Gasteiger partial charge on any atom is -0.481 e. The summed E-state index contributed by atoms with van der Waals surface area (Å²) in [5.41, 5.74) is 0. The molecule has 2 atom stereocenters. The summed E-state index contributed by atoms with van der Waals surface area (Å²) in [6.07, 6.45) is 1.34. The third-order valence-corrected chi connectivity index (χ3v) is 3.52. The highest BCUT2D eigenvalue weighted by atomic mass is 16.4. The van der Waals surface area contributed by atoms with E-state index in [0.717, 1.165) is 0 Å². The number of rotatable bonds is 2. The van der Waals surface area contributed by atoms with Crippen LogP contribution in [0.5, 0.6) is 0 Å². The van der Waals surface area contributed by atoms with Gasteiger partial charge in [-0.1, -0.05) is 0 Å². The normalized spacial score (nSPS) is 24.0. The summed E-state index contributed by atoms with van der Waals surface area (Å²) in [6.45, 7) is 4.14. The van der Waals surface area contributed by atoms with Gasteiger partial charge in [-0.3, -0.25) is 9.59 Å². The molecule has 0 aromatic carbocycles. The Morgan fingerprint density at radius 2 is 2.17 bits per heavy atom. The Balaban J connectivity index is 2.17. The van der Waals surface area contributed by atoms with E-state index in [9.17, 15) is 9.59 Å². The predicted octanol–water partition coefficient (Wildman–Crippen LogP) is 1.91. The number of furan rings is 1. The number of carboxylic acid groups (broad SMARTS) is 1. The average Bonchev–Trinajstić information content (AvgIpc) is 2.75. The molecule has 98 valence electrons. The van der Waals surface area contributed by atoms with E-state index in [4.69, 9.17) is 9.52 Å². The summed E-state index contributed by atoms with van der Waals surface area (Å²) in [6, 6.07) is 3.07. The summed E-state index contributed by atoms with van der Waals surface area (Å²) < 4.78 is 5.30. The zero-order valence-electron chi connectivity index (χ0n) is 10.5. The smallest absolute Gasteiger partial charge is 0.308 e. The van der Waals surface area contributed by atoms with Crippen LogP contribution in [0, 0.1) is 12.8 Å². The van der Waals surface area contributed by atoms with Gasteiger partial charge in [-0.2, -0.15) is 0 Å². The number of carbonyl (C=O) groups is 2. The molecule has 1 aromatic heterocycles. The van der Waals surface area contributed by atoms with E-state index in [1.807, 2.05) is 0 Å². The van der Waals surface area contributed by atoms with Crippen molar-refractivity contribution in [2.45, 2.75) is 32.7 Å². The van der Waals surface area contributed by atoms with Crippen molar-refractivity contribution in [1.82, 2.24) is 4.90 Å². The van der Waals surface area contributed by atoms with Gasteiger partial charge in [0.05, 0.1) is 5.92 Å². The molecule has 1 aromatic rings. The molecule has 0 spiro atoms. The van der Waals surface area contributed by atoms with Crippen molar-refractivity contribution in [3.05, 3.63) is 23.7 Å². The van der Waals surface area contributed by atoms with Crippen LogP contribution in [0.1, 0.15) is 36.1 Å². The molecule has 1 amide bonds. The molecular weight excluding hydrogens is 234 g/mol. The molecule has 1 aliphatic rings. The average molecular weight is 251 g/mol. The Morgan fingerprint density at radius 1 is 1.44 bits per heavy atom. The Morgan fingerprint density at radius 3 is 2.72 bits per heavy atom. The van der Waals surface area contributed by atoms with Crippen molar-refractivity contribution in [2.24, 2.45) is 5.92 Å². The van der Waals surface area contributed by atoms with Crippen molar-refractivity contribution in [3.8, 4) is 0 Å². The number of likely N-dealkylation sites (tertiary alicyclic amines) is 1. The maximum atomic E-state index is 12.2. The molecule has 1 aliphatic heterocycles. The molecule has 0 radical (unpaired) electrons. The molecule has 5 nitrogen and oxygen atoms in total. The highest BCUT2D eigenvalue weighted by Gasteiger charge is 2.36. The Kier molecular flexibility index (Phi) is 3.41. The van der Waals surface area contributed by atoms with Gasteiger partial charge >= 0.3 is 5.97 Å². The lowest BCUT2D eigenvalue weighted by Crippen LogP contribution is -2.49. The largest absolute Gasteiger partial charge is 0.481 e. The van der Waals surface area contributed by atoms with E-state index < -0.39 is 11.9 Å². The number of piperidine rings is 1. The van der Waals surface area contributed by atoms with Gasteiger partial charge in [0.25, 0.3) is 5.91 Å². The molecule has 0 bridgehead atoms. The molecule has 1 fully saturated rings. The first-order chi connectivity index (χ1) is 8.50. The molecule has 0 aliphatic carbocycles. The molecule has 1 N–H and O–H groups in total. The quantitative estimate of drug-likeness (QED) is 0.871. The monoisotopic (exact) mass is 251 g/mol. The van der Waals surface area contributed by atoms with Gasteiger partial charge in [0.15, 0.2) is 5.76 Å². The van der Waals surface area contributed by atoms with Gasteiger partial charge in [0.1, 0.15) is 5.76 Å². The Labute approximate surface area is 105 Å². The first-order valence-corrected chi connectivity index (χ1v) is 6.11. The molecule has 18 heavy (non-hydrogen) atoms. The minimum absolute atomic E-state index is 0.221. The molecular formula is C13H17NO4. The standard InChI is InChI=1S/C13H17NO4/c1-8-5-6-11(18-8)12(15)14-7-3-4-10(9(14)2)13(16)17/h5-6,9-10H,3-4,7H2,1-2H3,(H,16,17)/t9-,10-/m1/s1. The third kappa shape index (κ3) is 2.25. The molecule has 2 heterocycles. The maximum Gasteiger partial charge on any atom is 0.308 e. The molecule has 2 rings (SSSR count). The fourth-order valence-corrected chi connectivity index (χ4v) is 2.45. The van der Waals surface area contributed by atoms with Crippen molar-refractivity contribution >= 4 is 11.9 Å². The summed E-state index contributed by atoms with van der Waals surface area (Å²) in [5, 5.41) is 9.12. The van der Waals surface area contributed by atoms with Crippen LogP contribution in [0.2, 0.25) is 0 Å². The van der Waals surface area contributed by atoms with Crippen LogP contribution >= 0.6 is 0 Å². The van der Waals surface area contributed by atoms with Gasteiger partial charge in [0.2, 0.25) is 0 Å². The highest BCUT2D eigenvalue weighted by molar-refractivity contribution is 5.92. The number of nitrogens with zero attached hydrogens (tertiary/aromatic N) is 1. The number of aryl methyl sites for hydroxylation is 1. The Bertz CT molecular complexity index is 465. The molecule has 0 unspecified atom stereocenters. The second kappa shape index (κ2) is 4.84. The van der Waals surface area contributed by atoms with Gasteiger partial charge in [-0.15, -0.1) is 0 Å². The zero-order chi connectivity index (χ0) is 13.3. The van der Waals surface area contributed by atoms with Crippen LogP contribution in [0.15, 0.2) is 16.5 Å². The van der Waals surface area contributed by atoms with Crippen LogP contribution in [-0.4, -0.2) is 34.5 Å². The zero-order valence-corrected chi connectivity index (χ0v) is 10.5. The summed E-state index contributed by atoms with van der Waals surface area (Å²) in [7, 11) is 0. The van der Waals surface area contributed by atoms with E-state index in [0.29, 0.717) is 25.1 Å². The van der Waals surface area contributed by atoms with E-state index in [1.165, 1.54) is 0 Å². The molecule has 5 heteroatoms. The summed E-state index contributed by atoms with van der Waals surface area (Å²) in [5.74, 6) is -0.584. The molecule has 0 saturated carbocycles. The summed E-state index contributed by atoms with van der Waals surface area (Å²) >= 11 is 0. The van der Waals surface area contributed by atoms with E-state index in [2.05, 4.69) is 0 Å². The van der Waals surface area contributed by atoms with E-state index in [-0.39, 0.29) is 17.7 Å². The lowest BCUT2D eigenvalue weighted by atomic mass is 9.90. The van der Waals surface area contributed by atoms with Crippen molar-refractivity contribution < 1.29 is 19.1 Å². The first kappa shape index (κ1) is 12.7. The number of hydrogen-bond donors (Lipinski definition) is 1. The summed E-state index contributed by atoms with van der Waals surface area (Å²) in [4.78, 5) is 24.9. The van der Waals surface area contributed by atoms with E-state index in [1.54, 1.807) is 30.9 Å². The van der Waals surface area contributed by atoms with Gasteiger partial charge < -0.3 is 14.4 Å². The number of carboxylic acids is 1. The SMILES string of the molecule is Cc1ccc(C(=O)N2CCC[C@@H](C(=O)O)[C@H]2C)o1. The van der Waals surface area contributed by atoms with E-state index >= 15 is 0 Å². The van der Waals surface area contributed by atoms with Gasteiger partial charge in [-0.25, -0.2) is 0 Å². The predicted molar refractivity (Wildman–Crippen MR) is 64.3 cm³/mol.